The average Bonchev–Trinajstić information content (AvgIpc) is 2.23. The molecule has 0 aliphatic rings. The van der Waals surface area contributed by atoms with Gasteiger partial charge in [-0.15, -0.1) is 0 Å². The Balaban J connectivity index is 3.44. The first-order valence-electron chi connectivity index (χ1n) is 6.34. The van der Waals surface area contributed by atoms with Crippen molar-refractivity contribution in [2.45, 2.75) is 53.1 Å². The lowest BCUT2D eigenvalue weighted by atomic mass is 10.0. The summed E-state index contributed by atoms with van der Waals surface area (Å²) in [5.74, 6) is 0.285. The van der Waals surface area contributed by atoms with Gasteiger partial charge in [-0.25, -0.2) is 0 Å². The van der Waals surface area contributed by atoms with Crippen LogP contribution in [0.25, 0.3) is 0 Å². The molecule has 0 spiro atoms. The van der Waals surface area contributed by atoms with Gasteiger partial charge in [0.25, 0.3) is 0 Å². The molecule has 1 amide bonds. The van der Waals surface area contributed by atoms with Crippen molar-refractivity contribution in [2.75, 3.05) is 13.2 Å². The fourth-order valence-corrected chi connectivity index (χ4v) is 1.29. The highest BCUT2D eigenvalue weighted by molar-refractivity contribution is 5.81. The van der Waals surface area contributed by atoms with E-state index in [1.807, 2.05) is 27.7 Å². The number of ether oxygens (including phenoxy) is 1. The highest BCUT2D eigenvalue weighted by Crippen LogP contribution is 2.03. The van der Waals surface area contributed by atoms with Crippen molar-refractivity contribution in [2.24, 2.45) is 5.92 Å². The minimum Gasteiger partial charge on any atom is -0.377 e. The minimum atomic E-state index is -0.00564. The molecule has 0 aromatic heterocycles. The topological polar surface area (TPSA) is 55.4 Å². The predicted molar refractivity (Wildman–Crippen MR) is 67.8 cm³/mol. The standard InChI is InChI=1S/C13H25NO3/c1-10(2)12(15)6-5-7-13(16)14-8-9-17-11(3)4/h10-11H,5-9H2,1-4H3,(H,14,16). The molecule has 0 heterocycles. The predicted octanol–water partition coefficient (Wildman–Crippen LogP) is 1.92. The lowest BCUT2D eigenvalue weighted by molar-refractivity contribution is -0.123. The second-order valence-corrected chi connectivity index (χ2v) is 4.74. The van der Waals surface area contributed by atoms with Crippen LogP contribution in [0.2, 0.25) is 0 Å². The molecule has 0 unspecified atom stereocenters. The van der Waals surface area contributed by atoms with E-state index in [0.717, 1.165) is 0 Å². The second-order valence-electron chi connectivity index (χ2n) is 4.74. The molecule has 4 nitrogen and oxygen atoms in total. The molecule has 17 heavy (non-hydrogen) atoms. The molecule has 100 valence electrons. The van der Waals surface area contributed by atoms with E-state index < -0.39 is 0 Å². The number of rotatable bonds is 9. The van der Waals surface area contributed by atoms with Gasteiger partial charge in [0.1, 0.15) is 5.78 Å². The smallest absolute Gasteiger partial charge is 0.220 e. The van der Waals surface area contributed by atoms with Crippen LogP contribution < -0.4 is 5.32 Å². The Bertz CT molecular complexity index is 237. The van der Waals surface area contributed by atoms with Gasteiger partial charge in [-0.05, 0) is 20.3 Å². The Kier molecular flexibility index (Phi) is 8.68. The number of nitrogens with one attached hydrogen (secondary N) is 1. The summed E-state index contributed by atoms with van der Waals surface area (Å²) in [5, 5.41) is 2.77. The Labute approximate surface area is 104 Å². The average molecular weight is 243 g/mol. The fourth-order valence-electron chi connectivity index (χ4n) is 1.29. The van der Waals surface area contributed by atoms with E-state index in [4.69, 9.17) is 4.74 Å². The molecule has 0 rings (SSSR count). The fraction of sp³-hybridized carbons (Fsp3) is 0.846. The normalized spacial score (nSPS) is 10.9. The number of Topliss-reactive ketones (excluding diaryl/α,β-unsaturated/α-hetero) is 1. The molecule has 0 aromatic carbocycles. The zero-order chi connectivity index (χ0) is 13.3. The van der Waals surface area contributed by atoms with Gasteiger partial charge in [0.2, 0.25) is 5.91 Å². The van der Waals surface area contributed by atoms with Crippen LogP contribution in [0.1, 0.15) is 47.0 Å². The van der Waals surface area contributed by atoms with Crippen molar-refractivity contribution in [3.8, 4) is 0 Å². The zero-order valence-corrected chi connectivity index (χ0v) is 11.4. The summed E-state index contributed by atoms with van der Waals surface area (Å²) in [6, 6.07) is 0. The summed E-state index contributed by atoms with van der Waals surface area (Å²) in [4.78, 5) is 22.7. The first-order valence-corrected chi connectivity index (χ1v) is 6.34. The number of ketones is 1. The molecule has 1 N–H and O–H groups in total. The highest BCUT2D eigenvalue weighted by Gasteiger charge is 2.08. The summed E-state index contributed by atoms with van der Waals surface area (Å²) in [7, 11) is 0. The van der Waals surface area contributed by atoms with Crippen LogP contribution in [0.5, 0.6) is 0 Å². The van der Waals surface area contributed by atoms with E-state index in [1.54, 1.807) is 0 Å². The van der Waals surface area contributed by atoms with Gasteiger partial charge in [0, 0.05) is 25.3 Å². The van der Waals surface area contributed by atoms with Gasteiger partial charge in [0.05, 0.1) is 12.7 Å². The van der Waals surface area contributed by atoms with Crippen LogP contribution in [0.15, 0.2) is 0 Å². The number of carbonyl (C=O) groups excluding carboxylic acids is 2. The summed E-state index contributed by atoms with van der Waals surface area (Å²) < 4.78 is 5.30. The summed E-state index contributed by atoms with van der Waals surface area (Å²) in [5.41, 5.74) is 0. The number of carbonyl (C=O) groups is 2. The van der Waals surface area contributed by atoms with Crippen LogP contribution in [-0.2, 0) is 14.3 Å². The summed E-state index contributed by atoms with van der Waals surface area (Å²) in [6.07, 6.45) is 1.73. The van der Waals surface area contributed by atoms with Crippen LogP contribution in [0.3, 0.4) is 0 Å². The molecule has 0 saturated carbocycles. The summed E-state index contributed by atoms with van der Waals surface area (Å²) >= 11 is 0. The van der Waals surface area contributed by atoms with Crippen molar-refractivity contribution in [1.82, 2.24) is 5.32 Å². The Morgan fingerprint density at radius 3 is 2.29 bits per heavy atom. The summed E-state index contributed by atoms with van der Waals surface area (Å²) in [6.45, 7) is 8.75. The molecule has 0 aliphatic carbocycles. The molecule has 0 fully saturated rings. The lowest BCUT2D eigenvalue weighted by Gasteiger charge is -2.08. The van der Waals surface area contributed by atoms with Gasteiger partial charge in [-0.1, -0.05) is 13.8 Å². The molecule has 0 aliphatic heterocycles. The number of hydrogen-bond donors (Lipinski definition) is 1. The molecular formula is C13H25NO3. The first kappa shape index (κ1) is 16.1. The van der Waals surface area contributed by atoms with Crippen molar-refractivity contribution in [3.05, 3.63) is 0 Å². The maximum Gasteiger partial charge on any atom is 0.220 e. The van der Waals surface area contributed by atoms with E-state index >= 15 is 0 Å². The SMILES string of the molecule is CC(C)OCCNC(=O)CCCC(=O)C(C)C. The van der Waals surface area contributed by atoms with Gasteiger partial charge < -0.3 is 10.1 Å². The largest absolute Gasteiger partial charge is 0.377 e. The number of hydrogen-bond acceptors (Lipinski definition) is 3. The Morgan fingerprint density at radius 2 is 1.76 bits per heavy atom. The van der Waals surface area contributed by atoms with E-state index in [-0.39, 0.29) is 23.7 Å². The molecule has 0 bridgehead atoms. The van der Waals surface area contributed by atoms with E-state index in [0.29, 0.717) is 32.4 Å². The van der Waals surface area contributed by atoms with Crippen molar-refractivity contribution < 1.29 is 14.3 Å². The third kappa shape index (κ3) is 10.00. The molecule has 4 heteroatoms. The van der Waals surface area contributed by atoms with Crippen molar-refractivity contribution >= 4 is 11.7 Å². The molecular weight excluding hydrogens is 218 g/mol. The van der Waals surface area contributed by atoms with Crippen LogP contribution in [0, 0.1) is 5.92 Å². The van der Waals surface area contributed by atoms with E-state index in [1.165, 1.54) is 0 Å². The third-order valence-electron chi connectivity index (χ3n) is 2.35. The molecule has 0 aromatic rings. The lowest BCUT2D eigenvalue weighted by Crippen LogP contribution is -2.28. The van der Waals surface area contributed by atoms with Gasteiger partial charge >= 0.3 is 0 Å². The van der Waals surface area contributed by atoms with Gasteiger partial charge in [0.15, 0.2) is 0 Å². The van der Waals surface area contributed by atoms with Gasteiger partial charge in [-0.2, -0.15) is 0 Å². The Morgan fingerprint density at radius 1 is 1.12 bits per heavy atom. The Hall–Kier alpha value is -0.900. The van der Waals surface area contributed by atoms with Crippen LogP contribution in [0.4, 0.5) is 0 Å². The van der Waals surface area contributed by atoms with E-state index in [2.05, 4.69) is 5.32 Å². The maximum absolute atomic E-state index is 11.4. The second kappa shape index (κ2) is 9.16. The highest BCUT2D eigenvalue weighted by atomic mass is 16.5. The molecule has 0 radical (unpaired) electrons. The molecule has 0 saturated heterocycles. The molecule has 0 atom stereocenters. The zero-order valence-electron chi connectivity index (χ0n) is 11.4. The van der Waals surface area contributed by atoms with Gasteiger partial charge in [-0.3, -0.25) is 9.59 Å². The first-order chi connectivity index (χ1) is 7.93. The van der Waals surface area contributed by atoms with E-state index in [9.17, 15) is 9.59 Å². The van der Waals surface area contributed by atoms with Crippen LogP contribution in [-0.4, -0.2) is 30.9 Å². The third-order valence-corrected chi connectivity index (χ3v) is 2.35. The quantitative estimate of drug-likeness (QED) is 0.629. The van der Waals surface area contributed by atoms with Crippen molar-refractivity contribution in [1.29, 1.82) is 0 Å². The van der Waals surface area contributed by atoms with Crippen LogP contribution >= 0.6 is 0 Å². The monoisotopic (exact) mass is 243 g/mol. The minimum absolute atomic E-state index is 0.00564. The maximum atomic E-state index is 11.4. The van der Waals surface area contributed by atoms with Crippen molar-refractivity contribution in [3.63, 3.8) is 0 Å². The number of amides is 1.